The van der Waals surface area contributed by atoms with Crippen molar-refractivity contribution >= 4 is 22.1 Å². The number of anilines is 2. The summed E-state index contributed by atoms with van der Waals surface area (Å²) in [5.41, 5.74) is 3.76. The predicted molar refractivity (Wildman–Crippen MR) is 85.1 cm³/mol. The zero-order valence-corrected chi connectivity index (χ0v) is 11.7. The maximum Gasteiger partial charge on any atom is 0.130 e. The third-order valence-corrected chi connectivity index (χ3v) is 3.97. The third-order valence-electron chi connectivity index (χ3n) is 3.97. The molecule has 1 heterocycles. The number of benzene rings is 3. The van der Waals surface area contributed by atoms with Crippen LogP contribution in [-0.4, -0.2) is 0 Å². The summed E-state index contributed by atoms with van der Waals surface area (Å²) in [4.78, 5) is 0. The van der Waals surface area contributed by atoms with Crippen LogP contribution < -0.4 is 10.6 Å². The molecule has 2 N–H and O–H groups in total. The van der Waals surface area contributed by atoms with Crippen molar-refractivity contribution in [3.63, 3.8) is 0 Å². The minimum absolute atomic E-state index is 0.197. The Kier molecular flexibility index (Phi) is 2.61. The maximum atomic E-state index is 14.1. The Labute approximate surface area is 122 Å². The van der Waals surface area contributed by atoms with Crippen molar-refractivity contribution < 1.29 is 4.39 Å². The highest BCUT2D eigenvalue weighted by Gasteiger charge is 2.22. The molecule has 1 aliphatic rings. The molecule has 0 saturated heterocycles. The first-order chi connectivity index (χ1) is 10.2. The molecule has 3 aromatic rings. The van der Waals surface area contributed by atoms with Crippen LogP contribution in [0.15, 0.2) is 54.6 Å². The van der Waals surface area contributed by atoms with E-state index in [0.29, 0.717) is 5.56 Å². The van der Waals surface area contributed by atoms with Gasteiger partial charge in [0.15, 0.2) is 0 Å². The van der Waals surface area contributed by atoms with Gasteiger partial charge in [0.2, 0.25) is 0 Å². The molecule has 0 atom stereocenters. The SMILES string of the molecule is Cc1ccc(F)c(C2Nc3cccc4cccc(c34)N2)c1. The fraction of sp³-hybridized carbons (Fsp3) is 0.111. The van der Waals surface area contributed by atoms with Crippen LogP contribution >= 0.6 is 0 Å². The molecular formula is C18H15FN2. The molecule has 0 spiro atoms. The van der Waals surface area contributed by atoms with E-state index in [4.69, 9.17) is 0 Å². The lowest BCUT2D eigenvalue weighted by Gasteiger charge is -2.30. The summed E-state index contributed by atoms with van der Waals surface area (Å²) < 4.78 is 14.1. The van der Waals surface area contributed by atoms with Gasteiger partial charge in [0.1, 0.15) is 12.0 Å². The van der Waals surface area contributed by atoms with Crippen molar-refractivity contribution in [3.8, 4) is 0 Å². The summed E-state index contributed by atoms with van der Waals surface area (Å²) in [5.74, 6) is -0.197. The van der Waals surface area contributed by atoms with Gasteiger partial charge in [-0.15, -0.1) is 0 Å². The Morgan fingerprint density at radius 3 is 2.24 bits per heavy atom. The van der Waals surface area contributed by atoms with E-state index in [9.17, 15) is 4.39 Å². The predicted octanol–water partition coefficient (Wildman–Crippen LogP) is 4.82. The lowest BCUT2D eigenvalue weighted by atomic mass is 10.0. The summed E-state index contributed by atoms with van der Waals surface area (Å²) in [6.45, 7) is 1.97. The van der Waals surface area contributed by atoms with Crippen molar-refractivity contribution in [2.75, 3.05) is 10.6 Å². The molecule has 0 unspecified atom stereocenters. The van der Waals surface area contributed by atoms with E-state index in [0.717, 1.165) is 22.3 Å². The summed E-state index contributed by atoms with van der Waals surface area (Å²) in [6, 6.07) is 17.5. The molecule has 4 rings (SSSR count). The van der Waals surface area contributed by atoms with Gasteiger partial charge in [0.25, 0.3) is 0 Å². The van der Waals surface area contributed by atoms with Crippen LogP contribution in [0.2, 0.25) is 0 Å². The van der Waals surface area contributed by atoms with E-state index in [2.05, 4.69) is 22.8 Å². The molecule has 21 heavy (non-hydrogen) atoms. The lowest BCUT2D eigenvalue weighted by Crippen LogP contribution is -2.24. The Morgan fingerprint density at radius 2 is 1.57 bits per heavy atom. The largest absolute Gasteiger partial charge is 0.361 e. The van der Waals surface area contributed by atoms with Crippen molar-refractivity contribution in [1.82, 2.24) is 0 Å². The van der Waals surface area contributed by atoms with Crippen LogP contribution in [0.25, 0.3) is 10.8 Å². The average molecular weight is 278 g/mol. The lowest BCUT2D eigenvalue weighted by molar-refractivity contribution is 0.601. The first kappa shape index (κ1) is 12.2. The molecule has 2 nitrogen and oxygen atoms in total. The fourth-order valence-electron chi connectivity index (χ4n) is 2.97. The number of hydrogen-bond acceptors (Lipinski definition) is 2. The summed E-state index contributed by atoms with van der Waals surface area (Å²) in [5, 5.41) is 9.12. The Balaban J connectivity index is 1.85. The van der Waals surface area contributed by atoms with Gasteiger partial charge in [0.05, 0.1) is 0 Å². The van der Waals surface area contributed by atoms with E-state index >= 15 is 0 Å². The minimum atomic E-state index is -0.259. The summed E-state index contributed by atoms with van der Waals surface area (Å²) in [6.07, 6.45) is -0.259. The number of hydrogen-bond donors (Lipinski definition) is 2. The minimum Gasteiger partial charge on any atom is -0.361 e. The molecule has 0 saturated carbocycles. The number of halogens is 1. The van der Waals surface area contributed by atoms with Gasteiger partial charge >= 0.3 is 0 Å². The van der Waals surface area contributed by atoms with Crippen LogP contribution in [0, 0.1) is 12.7 Å². The molecule has 0 aromatic heterocycles. The highest BCUT2D eigenvalue weighted by atomic mass is 19.1. The average Bonchev–Trinajstić information content (AvgIpc) is 2.50. The van der Waals surface area contributed by atoms with Crippen molar-refractivity contribution in [1.29, 1.82) is 0 Å². The zero-order valence-electron chi connectivity index (χ0n) is 11.7. The highest BCUT2D eigenvalue weighted by molar-refractivity contribution is 6.04. The van der Waals surface area contributed by atoms with Gasteiger partial charge in [-0.05, 0) is 36.6 Å². The zero-order chi connectivity index (χ0) is 14.4. The molecule has 0 aliphatic carbocycles. The van der Waals surface area contributed by atoms with Gasteiger partial charge in [-0.25, -0.2) is 4.39 Å². The molecule has 104 valence electrons. The molecule has 3 heteroatoms. The highest BCUT2D eigenvalue weighted by Crippen LogP contribution is 2.38. The van der Waals surface area contributed by atoms with Gasteiger partial charge in [-0.2, -0.15) is 0 Å². The van der Waals surface area contributed by atoms with E-state index in [1.807, 2.05) is 37.3 Å². The van der Waals surface area contributed by atoms with Crippen LogP contribution in [0.4, 0.5) is 15.8 Å². The molecule has 0 amide bonds. The third kappa shape index (κ3) is 1.93. The van der Waals surface area contributed by atoms with Crippen LogP contribution in [-0.2, 0) is 0 Å². The van der Waals surface area contributed by atoms with Crippen molar-refractivity contribution in [2.45, 2.75) is 13.1 Å². The van der Waals surface area contributed by atoms with Gasteiger partial charge in [0, 0.05) is 22.3 Å². The topological polar surface area (TPSA) is 24.1 Å². The van der Waals surface area contributed by atoms with Crippen LogP contribution in [0.1, 0.15) is 17.3 Å². The fourth-order valence-corrected chi connectivity index (χ4v) is 2.97. The van der Waals surface area contributed by atoms with Crippen molar-refractivity contribution in [2.24, 2.45) is 0 Å². The normalized spacial score (nSPS) is 13.8. The first-order valence-corrected chi connectivity index (χ1v) is 7.03. The number of rotatable bonds is 1. The monoisotopic (exact) mass is 278 g/mol. The maximum absolute atomic E-state index is 14.1. The van der Waals surface area contributed by atoms with E-state index in [-0.39, 0.29) is 12.0 Å². The quantitative estimate of drug-likeness (QED) is 0.666. The van der Waals surface area contributed by atoms with Gasteiger partial charge in [-0.3, -0.25) is 0 Å². The van der Waals surface area contributed by atoms with Crippen LogP contribution in [0.5, 0.6) is 0 Å². The number of aryl methyl sites for hydroxylation is 1. The molecule has 0 fully saturated rings. The standard InChI is InChI=1S/C18H15FN2/c1-11-8-9-14(19)13(10-11)18-20-15-6-2-4-12-5-3-7-16(21-18)17(12)15/h2-10,18,20-21H,1H3. The first-order valence-electron chi connectivity index (χ1n) is 7.03. The second-order valence-corrected chi connectivity index (χ2v) is 5.46. The van der Waals surface area contributed by atoms with Crippen LogP contribution in [0.3, 0.4) is 0 Å². The second-order valence-electron chi connectivity index (χ2n) is 5.46. The Hall–Kier alpha value is -2.55. The smallest absolute Gasteiger partial charge is 0.130 e. The van der Waals surface area contributed by atoms with E-state index in [1.165, 1.54) is 11.5 Å². The molecule has 1 aliphatic heterocycles. The molecule has 0 radical (unpaired) electrons. The molecule has 0 bridgehead atoms. The van der Waals surface area contributed by atoms with E-state index < -0.39 is 0 Å². The van der Waals surface area contributed by atoms with Gasteiger partial charge in [-0.1, -0.05) is 35.9 Å². The molecular weight excluding hydrogens is 263 g/mol. The van der Waals surface area contributed by atoms with E-state index in [1.54, 1.807) is 6.07 Å². The van der Waals surface area contributed by atoms with Gasteiger partial charge < -0.3 is 10.6 Å². The number of nitrogens with one attached hydrogen (secondary N) is 2. The summed E-state index contributed by atoms with van der Waals surface area (Å²) >= 11 is 0. The van der Waals surface area contributed by atoms with Crippen molar-refractivity contribution in [3.05, 3.63) is 71.5 Å². The Bertz CT molecular complexity index is 801. The molecule has 3 aromatic carbocycles. The Morgan fingerprint density at radius 1 is 0.905 bits per heavy atom. The second kappa shape index (κ2) is 4.48. The summed E-state index contributed by atoms with van der Waals surface area (Å²) in [7, 11) is 0.